The van der Waals surface area contributed by atoms with Crippen molar-refractivity contribution in [1.82, 2.24) is 10.2 Å². The number of benzene rings is 2. The molecular weight excluding hydrogens is 348 g/mol. The van der Waals surface area contributed by atoms with E-state index in [0.717, 1.165) is 12.1 Å². The highest BCUT2D eigenvalue weighted by molar-refractivity contribution is 6.30. The zero-order valence-corrected chi connectivity index (χ0v) is 15.8. The van der Waals surface area contributed by atoms with Crippen LogP contribution in [0.25, 0.3) is 0 Å². The zero-order valence-electron chi connectivity index (χ0n) is 15.1. The van der Waals surface area contributed by atoms with Gasteiger partial charge in [-0.25, -0.2) is 0 Å². The minimum absolute atomic E-state index is 0.138. The van der Waals surface area contributed by atoms with Crippen molar-refractivity contribution in [3.63, 3.8) is 0 Å². The smallest absolute Gasteiger partial charge is 0.261 e. The van der Waals surface area contributed by atoms with Gasteiger partial charge in [-0.15, -0.1) is 0 Å². The topological polar surface area (TPSA) is 41.6 Å². The largest absolute Gasteiger partial charge is 0.481 e. The van der Waals surface area contributed by atoms with Crippen LogP contribution in [-0.4, -0.2) is 30.0 Å². The van der Waals surface area contributed by atoms with Crippen LogP contribution in [-0.2, 0) is 17.9 Å². The molecular formula is C21H25ClN2O2. The first-order valence-corrected chi connectivity index (χ1v) is 9.48. The molecule has 0 radical (unpaired) electrons. The minimum Gasteiger partial charge on any atom is -0.481 e. The van der Waals surface area contributed by atoms with Crippen LogP contribution in [0, 0.1) is 0 Å². The standard InChI is InChI=1S/C21H25ClN2O2/c1-16(26-20-10-8-19(22)9-11-20)21(25)23-14-17-4-6-18(7-5-17)15-24-12-2-3-13-24/h4-11,16H,2-3,12-15H2,1H3,(H,23,25)/t16-/m1/s1. The van der Waals surface area contributed by atoms with E-state index in [4.69, 9.17) is 16.3 Å². The highest BCUT2D eigenvalue weighted by Crippen LogP contribution is 2.17. The molecule has 4 nitrogen and oxygen atoms in total. The number of nitrogens with one attached hydrogen (secondary N) is 1. The summed E-state index contributed by atoms with van der Waals surface area (Å²) in [5.74, 6) is 0.490. The Bertz CT molecular complexity index is 710. The lowest BCUT2D eigenvalue weighted by molar-refractivity contribution is -0.127. The Kier molecular flexibility index (Phi) is 6.53. The molecule has 5 heteroatoms. The van der Waals surface area contributed by atoms with E-state index in [1.54, 1.807) is 31.2 Å². The Morgan fingerprint density at radius 1 is 1.08 bits per heavy atom. The highest BCUT2D eigenvalue weighted by atomic mass is 35.5. The summed E-state index contributed by atoms with van der Waals surface area (Å²) in [5.41, 5.74) is 2.41. The molecule has 1 aliphatic heterocycles. The maximum absolute atomic E-state index is 12.2. The number of hydrogen-bond donors (Lipinski definition) is 1. The molecule has 0 aromatic heterocycles. The van der Waals surface area contributed by atoms with Gasteiger partial charge in [0.15, 0.2) is 6.10 Å². The third kappa shape index (κ3) is 5.48. The molecule has 1 N–H and O–H groups in total. The molecule has 1 fully saturated rings. The number of halogens is 1. The first-order chi connectivity index (χ1) is 12.6. The minimum atomic E-state index is -0.564. The molecule has 1 saturated heterocycles. The summed E-state index contributed by atoms with van der Waals surface area (Å²) in [5, 5.41) is 3.56. The Morgan fingerprint density at radius 2 is 1.69 bits per heavy atom. The van der Waals surface area contributed by atoms with E-state index in [1.165, 1.54) is 31.5 Å². The summed E-state index contributed by atoms with van der Waals surface area (Å²) in [7, 11) is 0. The van der Waals surface area contributed by atoms with Gasteiger partial charge in [-0.2, -0.15) is 0 Å². The van der Waals surface area contributed by atoms with Crippen molar-refractivity contribution in [2.75, 3.05) is 13.1 Å². The Morgan fingerprint density at radius 3 is 2.35 bits per heavy atom. The zero-order chi connectivity index (χ0) is 18.4. The van der Waals surface area contributed by atoms with Gasteiger partial charge in [-0.3, -0.25) is 9.69 Å². The summed E-state index contributed by atoms with van der Waals surface area (Å²) >= 11 is 5.85. The van der Waals surface area contributed by atoms with Gasteiger partial charge in [0.1, 0.15) is 5.75 Å². The molecule has 2 aromatic rings. The summed E-state index contributed by atoms with van der Waals surface area (Å²) in [6.07, 6.45) is 2.05. The molecule has 0 saturated carbocycles. The van der Waals surface area contributed by atoms with Crippen molar-refractivity contribution in [2.24, 2.45) is 0 Å². The average Bonchev–Trinajstić information content (AvgIpc) is 3.16. The Labute approximate surface area is 160 Å². The van der Waals surface area contributed by atoms with Crippen molar-refractivity contribution in [2.45, 2.75) is 39.0 Å². The van der Waals surface area contributed by atoms with E-state index in [-0.39, 0.29) is 5.91 Å². The maximum atomic E-state index is 12.2. The van der Waals surface area contributed by atoms with Crippen LogP contribution < -0.4 is 10.1 Å². The van der Waals surface area contributed by atoms with Gasteiger partial charge in [-0.05, 0) is 68.2 Å². The number of nitrogens with zero attached hydrogens (tertiary/aromatic N) is 1. The number of rotatable bonds is 7. The second-order valence-electron chi connectivity index (χ2n) is 6.73. The van der Waals surface area contributed by atoms with Crippen LogP contribution in [0.4, 0.5) is 0 Å². The predicted molar refractivity (Wildman–Crippen MR) is 104 cm³/mol. The molecule has 26 heavy (non-hydrogen) atoms. The quantitative estimate of drug-likeness (QED) is 0.798. The fourth-order valence-electron chi connectivity index (χ4n) is 3.07. The molecule has 1 amide bonds. The van der Waals surface area contributed by atoms with Crippen LogP contribution in [0.1, 0.15) is 30.9 Å². The lowest BCUT2D eigenvalue weighted by Gasteiger charge is -2.16. The third-order valence-electron chi connectivity index (χ3n) is 4.59. The van der Waals surface area contributed by atoms with E-state index in [0.29, 0.717) is 17.3 Å². The summed E-state index contributed by atoms with van der Waals surface area (Å²) in [6, 6.07) is 15.4. The summed E-state index contributed by atoms with van der Waals surface area (Å²) in [4.78, 5) is 14.7. The second-order valence-corrected chi connectivity index (χ2v) is 7.17. The molecule has 1 atom stereocenters. The van der Waals surface area contributed by atoms with Crippen molar-refractivity contribution in [3.8, 4) is 5.75 Å². The molecule has 1 heterocycles. The lowest BCUT2D eigenvalue weighted by atomic mass is 10.1. The predicted octanol–water partition coefficient (Wildman–Crippen LogP) is 4.02. The van der Waals surface area contributed by atoms with Gasteiger partial charge in [-0.1, -0.05) is 35.9 Å². The van der Waals surface area contributed by atoms with Crippen molar-refractivity contribution >= 4 is 17.5 Å². The van der Waals surface area contributed by atoms with Gasteiger partial charge in [0.05, 0.1) is 0 Å². The van der Waals surface area contributed by atoms with Crippen LogP contribution in [0.15, 0.2) is 48.5 Å². The molecule has 0 bridgehead atoms. The first kappa shape index (κ1) is 18.7. The van der Waals surface area contributed by atoms with Gasteiger partial charge in [0.25, 0.3) is 5.91 Å². The van der Waals surface area contributed by atoms with E-state index in [1.807, 2.05) is 0 Å². The van der Waals surface area contributed by atoms with Crippen LogP contribution in [0.3, 0.4) is 0 Å². The highest BCUT2D eigenvalue weighted by Gasteiger charge is 2.14. The van der Waals surface area contributed by atoms with E-state index < -0.39 is 6.10 Å². The van der Waals surface area contributed by atoms with Crippen molar-refractivity contribution in [3.05, 3.63) is 64.7 Å². The lowest BCUT2D eigenvalue weighted by Crippen LogP contribution is -2.35. The Hall–Kier alpha value is -2.04. The number of amides is 1. The monoisotopic (exact) mass is 372 g/mol. The van der Waals surface area contributed by atoms with Crippen molar-refractivity contribution < 1.29 is 9.53 Å². The van der Waals surface area contributed by atoms with Gasteiger partial charge >= 0.3 is 0 Å². The average molecular weight is 373 g/mol. The SMILES string of the molecule is C[C@@H](Oc1ccc(Cl)cc1)C(=O)NCc1ccc(CN2CCCC2)cc1. The fourth-order valence-corrected chi connectivity index (χ4v) is 3.19. The van der Waals surface area contributed by atoms with Crippen LogP contribution >= 0.6 is 11.6 Å². The molecule has 0 aliphatic carbocycles. The first-order valence-electron chi connectivity index (χ1n) is 9.10. The summed E-state index contributed by atoms with van der Waals surface area (Å²) < 4.78 is 5.64. The molecule has 3 rings (SSSR count). The maximum Gasteiger partial charge on any atom is 0.261 e. The molecule has 1 aliphatic rings. The fraction of sp³-hybridized carbons (Fsp3) is 0.381. The second kappa shape index (κ2) is 9.06. The van der Waals surface area contributed by atoms with Gasteiger partial charge in [0, 0.05) is 18.1 Å². The number of carbonyl (C=O) groups excluding carboxylic acids is 1. The van der Waals surface area contributed by atoms with Crippen molar-refractivity contribution in [1.29, 1.82) is 0 Å². The third-order valence-corrected chi connectivity index (χ3v) is 4.84. The molecule has 2 aromatic carbocycles. The number of hydrogen-bond acceptors (Lipinski definition) is 3. The summed E-state index contributed by atoms with van der Waals surface area (Å²) in [6.45, 7) is 5.64. The van der Waals surface area contributed by atoms with E-state index >= 15 is 0 Å². The van der Waals surface area contributed by atoms with E-state index in [9.17, 15) is 4.79 Å². The van der Waals surface area contributed by atoms with Gasteiger partial charge < -0.3 is 10.1 Å². The number of carbonyl (C=O) groups is 1. The number of ether oxygens (including phenoxy) is 1. The van der Waals surface area contributed by atoms with Crippen LogP contribution in [0.5, 0.6) is 5.75 Å². The number of likely N-dealkylation sites (tertiary alicyclic amines) is 1. The normalized spacial score (nSPS) is 15.6. The van der Waals surface area contributed by atoms with Crippen LogP contribution in [0.2, 0.25) is 5.02 Å². The molecule has 0 unspecified atom stereocenters. The molecule has 138 valence electrons. The molecule has 0 spiro atoms. The van der Waals surface area contributed by atoms with Gasteiger partial charge in [0.2, 0.25) is 0 Å². The Balaban J connectivity index is 1.45. The van der Waals surface area contributed by atoms with E-state index in [2.05, 4.69) is 34.5 Å².